The minimum atomic E-state index is 0.622. The summed E-state index contributed by atoms with van der Waals surface area (Å²) in [7, 11) is 4.05. The molecule has 1 aromatic carbocycles. The Morgan fingerprint density at radius 3 is 2.44 bits per heavy atom. The molecule has 16 heavy (non-hydrogen) atoms. The molecule has 2 rings (SSSR count). The average Bonchev–Trinajstić information content (AvgIpc) is 2.80. The predicted octanol–water partition coefficient (Wildman–Crippen LogP) is 2.91. The van der Waals surface area contributed by atoms with Gasteiger partial charge in [-0.2, -0.15) is 0 Å². The van der Waals surface area contributed by atoms with Crippen LogP contribution in [-0.2, 0) is 0 Å². The van der Waals surface area contributed by atoms with Crippen LogP contribution in [0.15, 0.2) is 41.1 Å². The Kier molecular flexibility index (Phi) is 3.05. The lowest BCUT2D eigenvalue weighted by Crippen LogP contribution is -2.07. The number of benzene rings is 1. The Labute approximate surface area is 95.0 Å². The number of rotatable bonds is 3. The molecule has 82 valence electrons. The maximum atomic E-state index is 5.11. The summed E-state index contributed by atoms with van der Waals surface area (Å²) in [6, 6.07) is 8.29. The Hall–Kier alpha value is -2.03. The van der Waals surface area contributed by atoms with Crippen LogP contribution < -0.4 is 4.90 Å². The molecule has 3 nitrogen and oxygen atoms in total. The molecule has 0 fully saturated rings. The maximum absolute atomic E-state index is 5.11. The molecule has 0 unspecified atom stereocenters. The first-order chi connectivity index (χ1) is 7.75. The molecule has 3 heteroatoms. The van der Waals surface area contributed by atoms with Crippen molar-refractivity contribution in [2.24, 2.45) is 0 Å². The van der Waals surface area contributed by atoms with Crippen molar-refractivity contribution in [3.63, 3.8) is 0 Å². The molecular formula is C13H14N2O. The fraction of sp³-hybridized carbons (Fsp3) is 0.154. The quantitative estimate of drug-likeness (QED) is 0.786. The van der Waals surface area contributed by atoms with Crippen LogP contribution in [0.3, 0.4) is 0 Å². The second-order valence-electron chi connectivity index (χ2n) is 3.69. The van der Waals surface area contributed by atoms with Gasteiger partial charge < -0.3 is 9.32 Å². The normalized spacial score (nSPS) is 10.9. The molecule has 1 aromatic heterocycles. The van der Waals surface area contributed by atoms with Crippen molar-refractivity contribution in [3.05, 3.63) is 48.2 Å². The van der Waals surface area contributed by atoms with E-state index in [0.29, 0.717) is 5.89 Å². The van der Waals surface area contributed by atoms with Crippen LogP contribution in [0.25, 0.3) is 12.2 Å². The highest BCUT2D eigenvalue weighted by Gasteiger charge is 1.94. The summed E-state index contributed by atoms with van der Waals surface area (Å²) in [5.74, 6) is 0.622. The predicted molar refractivity (Wildman–Crippen MR) is 66.2 cm³/mol. The zero-order chi connectivity index (χ0) is 11.4. The van der Waals surface area contributed by atoms with Gasteiger partial charge in [-0.3, -0.25) is 0 Å². The Balaban J connectivity index is 2.11. The molecule has 0 amide bonds. The summed E-state index contributed by atoms with van der Waals surface area (Å²) < 4.78 is 5.11. The van der Waals surface area contributed by atoms with Crippen LogP contribution in [0.2, 0.25) is 0 Å². The van der Waals surface area contributed by atoms with Crippen molar-refractivity contribution in [2.45, 2.75) is 0 Å². The van der Waals surface area contributed by atoms with E-state index in [1.165, 1.54) is 5.69 Å². The molecule has 0 spiro atoms. The largest absolute Gasteiger partial charge is 0.445 e. The summed E-state index contributed by atoms with van der Waals surface area (Å²) in [5, 5.41) is 0. The van der Waals surface area contributed by atoms with E-state index in [9.17, 15) is 0 Å². The van der Waals surface area contributed by atoms with Gasteiger partial charge in [0.25, 0.3) is 0 Å². The van der Waals surface area contributed by atoms with Crippen LogP contribution in [0.1, 0.15) is 11.5 Å². The molecule has 0 saturated carbocycles. The van der Waals surface area contributed by atoms with Gasteiger partial charge in [-0.25, -0.2) is 4.98 Å². The lowest BCUT2D eigenvalue weighted by Gasteiger charge is -2.11. The number of oxazole rings is 1. The molecule has 0 saturated heterocycles. The third kappa shape index (κ3) is 2.51. The Bertz CT molecular complexity index is 455. The van der Waals surface area contributed by atoms with Crippen molar-refractivity contribution in [1.82, 2.24) is 4.98 Å². The molecule has 0 aliphatic rings. The highest BCUT2D eigenvalue weighted by Crippen LogP contribution is 2.14. The molecule has 0 N–H and O–H groups in total. The first-order valence-corrected chi connectivity index (χ1v) is 5.11. The van der Waals surface area contributed by atoms with Crippen LogP contribution in [-0.4, -0.2) is 19.1 Å². The second kappa shape index (κ2) is 4.66. The standard InChI is InChI=1S/C13H14N2O/c1-15(2)12-6-3-11(4-7-12)5-8-13-14-9-10-16-13/h3-10H,1-2H3/b8-5+. The Morgan fingerprint density at radius 1 is 1.12 bits per heavy atom. The molecule has 0 aliphatic heterocycles. The Morgan fingerprint density at radius 2 is 1.88 bits per heavy atom. The van der Waals surface area contributed by atoms with E-state index < -0.39 is 0 Å². The topological polar surface area (TPSA) is 29.3 Å². The lowest BCUT2D eigenvalue weighted by atomic mass is 10.2. The van der Waals surface area contributed by atoms with Crippen molar-refractivity contribution in [2.75, 3.05) is 19.0 Å². The van der Waals surface area contributed by atoms with Gasteiger partial charge in [0.2, 0.25) is 5.89 Å². The number of nitrogens with zero attached hydrogens (tertiary/aromatic N) is 2. The summed E-state index contributed by atoms with van der Waals surface area (Å²) in [5.41, 5.74) is 2.32. The van der Waals surface area contributed by atoms with Crippen molar-refractivity contribution < 1.29 is 4.42 Å². The highest BCUT2D eigenvalue weighted by molar-refractivity contribution is 5.67. The monoisotopic (exact) mass is 214 g/mol. The van der Waals surface area contributed by atoms with E-state index in [4.69, 9.17) is 4.42 Å². The van der Waals surface area contributed by atoms with E-state index >= 15 is 0 Å². The van der Waals surface area contributed by atoms with Gasteiger partial charge in [-0.15, -0.1) is 0 Å². The summed E-state index contributed by atoms with van der Waals surface area (Å²) in [6.45, 7) is 0. The van der Waals surface area contributed by atoms with E-state index in [1.807, 2.05) is 26.2 Å². The van der Waals surface area contributed by atoms with Gasteiger partial charge in [0.15, 0.2) is 0 Å². The maximum Gasteiger partial charge on any atom is 0.218 e. The minimum absolute atomic E-state index is 0.622. The van der Waals surface area contributed by atoms with Crippen LogP contribution in [0, 0.1) is 0 Å². The number of hydrogen-bond acceptors (Lipinski definition) is 3. The zero-order valence-corrected chi connectivity index (χ0v) is 9.42. The number of anilines is 1. The molecular weight excluding hydrogens is 200 g/mol. The highest BCUT2D eigenvalue weighted by atomic mass is 16.3. The molecule has 2 aromatic rings. The van der Waals surface area contributed by atoms with E-state index in [1.54, 1.807) is 12.5 Å². The SMILES string of the molecule is CN(C)c1ccc(/C=C/c2ncco2)cc1. The molecule has 0 radical (unpaired) electrons. The van der Waals surface area contributed by atoms with Crippen LogP contribution >= 0.6 is 0 Å². The first-order valence-electron chi connectivity index (χ1n) is 5.11. The summed E-state index contributed by atoms with van der Waals surface area (Å²) >= 11 is 0. The van der Waals surface area contributed by atoms with Gasteiger partial charge in [-0.1, -0.05) is 12.1 Å². The van der Waals surface area contributed by atoms with Gasteiger partial charge in [0, 0.05) is 25.9 Å². The van der Waals surface area contributed by atoms with Gasteiger partial charge in [-0.05, 0) is 23.8 Å². The van der Waals surface area contributed by atoms with E-state index in [-0.39, 0.29) is 0 Å². The molecule has 1 heterocycles. The van der Waals surface area contributed by atoms with Crippen molar-refractivity contribution in [1.29, 1.82) is 0 Å². The lowest BCUT2D eigenvalue weighted by molar-refractivity contribution is 0.547. The molecule has 0 aliphatic carbocycles. The first kappa shape index (κ1) is 10.5. The third-order valence-corrected chi connectivity index (χ3v) is 2.28. The van der Waals surface area contributed by atoms with E-state index in [0.717, 1.165) is 5.56 Å². The number of hydrogen-bond donors (Lipinski definition) is 0. The summed E-state index contributed by atoms with van der Waals surface area (Å²) in [6.07, 6.45) is 7.03. The molecule has 0 atom stereocenters. The van der Waals surface area contributed by atoms with Gasteiger partial charge in [0.1, 0.15) is 6.26 Å². The van der Waals surface area contributed by atoms with Crippen molar-refractivity contribution >= 4 is 17.8 Å². The smallest absolute Gasteiger partial charge is 0.218 e. The number of aromatic nitrogens is 1. The van der Waals surface area contributed by atoms with Gasteiger partial charge in [0.05, 0.1) is 6.20 Å². The van der Waals surface area contributed by atoms with Crippen LogP contribution in [0.5, 0.6) is 0 Å². The zero-order valence-electron chi connectivity index (χ0n) is 9.42. The van der Waals surface area contributed by atoms with E-state index in [2.05, 4.69) is 34.1 Å². The van der Waals surface area contributed by atoms with Gasteiger partial charge >= 0.3 is 0 Å². The van der Waals surface area contributed by atoms with Crippen LogP contribution in [0.4, 0.5) is 5.69 Å². The average molecular weight is 214 g/mol. The third-order valence-electron chi connectivity index (χ3n) is 2.28. The fourth-order valence-corrected chi connectivity index (χ4v) is 1.37. The minimum Gasteiger partial charge on any atom is -0.445 e. The summed E-state index contributed by atoms with van der Waals surface area (Å²) in [4.78, 5) is 6.09. The fourth-order valence-electron chi connectivity index (χ4n) is 1.37. The molecule has 0 bridgehead atoms. The second-order valence-corrected chi connectivity index (χ2v) is 3.69. The van der Waals surface area contributed by atoms with Crippen molar-refractivity contribution in [3.8, 4) is 0 Å².